The van der Waals surface area contributed by atoms with Crippen LogP contribution in [0.4, 0.5) is 0 Å². The molecule has 5 heteroatoms. The number of likely N-dealkylation sites (tertiary alicyclic amines) is 1. The number of amides is 1. The van der Waals surface area contributed by atoms with Crippen LogP contribution < -0.4 is 0 Å². The number of hydrogen-bond acceptors (Lipinski definition) is 2. The highest BCUT2D eigenvalue weighted by Gasteiger charge is 2.45. The molecule has 1 amide bonds. The minimum absolute atomic E-state index is 0.297. The molecule has 2 aromatic carbocycles. The van der Waals surface area contributed by atoms with Gasteiger partial charge in [0.05, 0.1) is 5.54 Å². The van der Waals surface area contributed by atoms with Crippen molar-refractivity contribution in [2.45, 2.75) is 63.5 Å². The zero-order valence-electron chi connectivity index (χ0n) is 18.6. The lowest BCUT2D eigenvalue weighted by atomic mass is 9.79. The topological polar surface area (TPSA) is 38.1 Å². The van der Waals surface area contributed by atoms with Gasteiger partial charge in [-0.25, -0.2) is 4.98 Å². The van der Waals surface area contributed by atoms with Gasteiger partial charge < -0.3 is 9.47 Å². The fourth-order valence-electron chi connectivity index (χ4n) is 5.79. The number of rotatable bonds is 6. The second-order valence-electron chi connectivity index (χ2n) is 9.06. The van der Waals surface area contributed by atoms with E-state index in [0.717, 1.165) is 54.5 Å². The number of benzene rings is 2. The van der Waals surface area contributed by atoms with E-state index < -0.39 is 5.54 Å². The number of piperidine rings is 1. The first-order valence-corrected chi connectivity index (χ1v) is 12.6. The maximum absolute atomic E-state index is 13.5. The summed E-state index contributed by atoms with van der Waals surface area (Å²) in [6.45, 7) is 3.12. The molecule has 2 aliphatic heterocycles. The molecule has 5 rings (SSSR count). The van der Waals surface area contributed by atoms with Gasteiger partial charge in [0.25, 0.3) is 0 Å². The Balaban J connectivity index is 1.53. The van der Waals surface area contributed by atoms with E-state index in [1.54, 1.807) is 0 Å². The molecule has 0 aliphatic carbocycles. The summed E-state index contributed by atoms with van der Waals surface area (Å²) in [5.74, 6) is 1.28. The number of carbonyl (C=O) groups excluding carboxylic acids is 1. The number of nitrogens with zero attached hydrogens (tertiary/aromatic N) is 3. The zero-order chi connectivity index (χ0) is 22.1. The first-order chi connectivity index (χ1) is 15.6. The van der Waals surface area contributed by atoms with Crippen LogP contribution in [0, 0.1) is 0 Å². The predicted octanol–water partition coefficient (Wildman–Crippen LogP) is 6.38. The average Bonchev–Trinajstić information content (AvgIpc) is 3.40. The molecule has 2 aliphatic rings. The van der Waals surface area contributed by atoms with Gasteiger partial charge in [0.1, 0.15) is 5.82 Å². The number of carbonyl (C=O) groups is 1. The number of hydrogen-bond donors (Lipinski definition) is 0. The molecule has 1 aromatic heterocycles. The molecule has 0 bridgehead atoms. The van der Waals surface area contributed by atoms with Crippen LogP contribution in [0.1, 0.15) is 63.0 Å². The zero-order valence-corrected chi connectivity index (χ0v) is 20.2. The lowest BCUT2D eigenvalue weighted by molar-refractivity contribution is -0.135. The number of halogens is 1. The summed E-state index contributed by atoms with van der Waals surface area (Å²) in [5, 5.41) is 0. The highest BCUT2D eigenvalue weighted by Crippen LogP contribution is 2.49. The molecule has 0 N–H and O–H groups in total. The van der Waals surface area contributed by atoms with Crippen LogP contribution in [0.25, 0.3) is 11.4 Å². The summed E-state index contributed by atoms with van der Waals surface area (Å²) in [7, 11) is 0. The molecule has 32 heavy (non-hydrogen) atoms. The predicted molar refractivity (Wildman–Crippen MR) is 131 cm³/mol. The Kier molecular flexibility index (Phi) is 5.93. The molecular formula is C27H30BrN3O. The number of aromatic nitrogens is 2. The monoisotopic (exact) mass is 491 g/mol. The van der Waals surface area contributed by atoms with Gasteiger partial charge in [-0.05, 0) is 55.4 Å². The molecule has 0 radical (unpaired) electrons. The highest BCUT2D eigenvalue weighted by molar-refractivity contribution is 9.10. The Morgan fingerprint density at radius 2 is 1.97 bits per heavy atom. The van der Waals surface area contributed by atoms with Crippen LogP contribution >= 0.6 is 15.9 Å². The van der Waals surface area contributed by atoms with E-state index in [0.29, 0.717) is 18.4 Å². The van der Waals surface area contributed by atoms with Gasteiger partial charge in [-0.3, -0.25) is 4.79 Å². The maximum Gasteiger partial charge on any atom is 0.222 e. The van der Waals surface area contributed by atoms with Crippen molar-refractivity contribution in [1.82, 2.24) is 14.5 Å². The largest absolute Gasteiger partial charge is 0.340 e. The molecule has 3 aromatic rings. The standard InChI is InChI=1S/C27H30BrN3O/c1-2-7-22-8-5-6-18-30(22)25(32)15-16-27(20-11-13-21(28)14-12-20)24-10-4-3-9-23(24)26-29-17-19-31(26)27/h3-4,9-14,17,19,22H,2,5-8,15-16,18H2,1H3. The summed E-state index contributed by atoms with van der Waals surface area (Å²) in [4.78, 5) is 20.4. The van der Waals surface area contributed by atoms with Gasteiger partial charge >= 0.3 is 0 Å². The molecule has 2 atom stereocenters. The van der Waals surface area contributed by atoms with E-state index in [2.05, 4.69) is 92.0 Å². The highest BCUT2D eigenvalue weighted by atomic mass is 79.9. The van der Waals surface area contributed by atoms with Crippen LogP contribution in [-0.4, -0.2) is 32.9 Å². The van der Waals surface area contributed by atoms with Crippen molar-refractivity contribution in [2.24, 2.45) is 0 Å². The quantitative estimate of drug-likeness (QED) is 0.401. The van der Waals surface area contributed by atoms with Crippen molar-refractivity contribution in [1.29, 1.82) is 0 Å². The Morgan fingerprint density at radius 3 is 2.78 bits per heavy atom. The molecule has 0 spiro atoms. The van der Waals surface area contributed by atoms with E-state index in [1.807, 2.05) is 6.20 Å². The number of imidazole rings is 1. The van der Waals surface area contributed by atoms with Crippen molar-refractivity contribution in [3.05, 3.63) is 76.5 Å². The van der Waals surface area contributed by atoms with E-state index in [1.165, 1.54) is 17.5 Å². The molecular weight excluding hydrogens is 462 g/mol. The summed E-state index contributed by atoms with van der Waals surface area (Å²) in [5.41, 5.74) is 3.17. The molecule has 1 fully saturated rings. The third-order valence-corrected chi connectivity index (χ3v) is 7.79. The Hall–Kier alpha value is -2.40. The number of fused-ring (bicyclic) bond motifs is 3. The van der Waals surface area contributed by atoms with E-state index in [-0.39, 0.29) is 0 Å². The lowest BCUT2D eigenvalue weighted by Crippen LogP contribution is -2.44. The van der Waals surface area contributed by atoms with Crippen LogP contribution in [0.3, 0.4) is 0 Å². The van der Waals surface area contributed by atoms with Gasteiger partial charge in [-0.1, -0.05) is 65.7 Å². The Labute approximate surface area is 198 Å². The second-order valence-corrected chi connectivity index (χ2v) is 9.97. The first-order valence-electron chi connectivity index (χ1n) is 11.8. The SMILES string of the molecule is CCCC1CCCCN1C(=O)CCC1(c2ccc(Br)cc2)c2ccccc2-c2nccn21. The van der Waals surface area contributed by atoms with Gasteiger partial charge in [-0.2, -0.15) is 0 Å². The first kappa shape index (κ1) is 21.4. The van der Waals surface area contributed by atoms with E-state index in [4.69, 9.17) is 0 Å². The summed E-state index contributed by atoms with van der Waals surface area (Å²) in [6.07, 6.45) is 10.9. The smallest absolute Gasteiger partial charge is 0.222 e. The third kappa shape index (κ3) is 3.51. The van der Waals surface area contributed by atoms with Crippen LogP contribution in [-0.2, 0) is 10.3 Å². The van der Waals surface area contributed by atoms with Crippen molar-refractivity contribution < 1.29 is 4.79 Å². The summed E-state index contributed by atoms with van der Waals surface area (Å²) >= 11 is 3.58. The van der Waals surface area contributed by atoms with E-state index >= 15 is 0 Å². The molecule has 3 heterocycles. The molecule has 1 saturated heterocycles. The molecule has 166 valence electrons. The average molecular weight is 492 g/mol. The van der Waals surface area contributed by atoms with Crippen LogP contribution in [0.5, 0.6) is 0 Å². The normalized spacial score (nSPS) is 21.9. The van der Waals surface area contributed by atoms with Gasteiger partial charge in [0, 0.05) is 41.4 Å². The van der Waals surface area contributed by atoms with Crippen molar-refractivity contribution in [3.8, 4) is 11.4 Å². The molecule has 4 nitrogen and oxygen atoms in total. The van der Waals surface area contributed by atoms with Gasteiger partial charge in [0.15, 0.2) is 0 Å². The van der Waals surface area contributed by atoms with Gasteiger partial charge in [0.2, 0.25) is 5.91 Å². The minimum atomic E-state index is -0.422. The second kappa shape index (κ2) is 8.86. The Bertz CT molecular complexity index is 1100. The van der Waals surface area contributed by atoms with Crippen molar-refractivity contribution >= 4 is 21.8 Å². The van der Waals surface area contributed by atoms with Crippen molar-refractivity contribution in [3.63, 3.8) is 0 Å². The summed E-state index contributed by atoms with van der Waals surface area (Å²) < 4.78 is 3.34. The maximum atomic E-state index is 13.5. The minimum Gasteiger partial charge on any atom is -0.340 e. The fourth-order valence-corrected chi connectivity index (χ4v) is 6.06. The third-order valence-electron chi connectivity index (χ3n) is 7.26. The fraction of sp³-hybridized carbons (Fsp3) is 0.407. The van der Waals surface area contributed by atoms with Crippen LogP contribution in [0.2, 0.25) is 0 Å². The molecule has 2 unspecified atom stereocenters. The molecule has 0 saturated carbocycles. The van der Waals surface area contributed by atoms with Gasteiger partial charge in [-0.15, -0.1) is 0 Å². The van der Waals surface area contributed by atoms with E-state index in [9.17, 15) is 4.79 Å². The Morgan fingerprint density at radius 1 is 1.16 bits per heavy atom. The summed E-state index contributed by atoms with van der Waals surface area (Å²) in [6, 6.07) is 17.5. The van der Waals surface area contributed by atoms with Crippen molar-refractivity contribution in [2.75, 3.05) is 6.54 Å². The van der Waals surface area contributed by atoms with Crippen LogP contribution in [0.15, 0.2) is 65.4 Å². The lowest BCUT2D eigenvalue weighted by Gasteiger charge is -2.38.